The molecule has 1 saturated heterocycles. The third-order valence-corrected chi connectivity index (χ3v) is 3.53. The molecule has 1 aromatic rings. The van der Waals surface area contributed by atoms with Gasteiger partial charge in [0.1, 0.15) is 6.17 Å². The fourth-order valence-corrected chi connectivity index (χ4v) is 2.45. The molecule has 1 aliphatic heterocycles. The van der Waals surface area contributed by atoms with Gasteiger partial charge in [0, 0.05) is 32.7 Å². The zero-order valence-electron chi connectivity index (χ0n) is 10.7. The molecule has 0 spiro atoms. The molecule has 2 rings (SSSR count). The lowest BCUT2D eigenvalue weighted by atomic mass is 10.2. The smallest absolute Gasteiger partial charge is 0.110 e. The standard InChI is InChI=1S/C14H19N3S/c1-13(15-12-18)17-9-7-16(8-10-17)11-14-5-3-2-4-6-14/h2-6,13H,7-11H2,1H3. The van der Waals surface area contributed by atoms with Gasteiger partial charge in [-0.15, -0.1) is 0 Å². The average Bonchev–Trinajstić information content (AvgIpc) is 2.41. The highest BCUT2D eigenvalue weighted by Crippen LogP contribution is 2.10. The van der Waals surface area contributed by atoms with Crippen LogP contribution >= 0.6 is 12.2 Å². The van der Waals surface area contributed by atoms with Crippen LogP contribution in [-0.4, -0.2) is 47.3 Å². The Balaban J connectivity index is 1.82. The van der Waals surface area contributed by atoms with Gasteiger partial charge in [0.05, 0.1) is 5.16 Å². The Labute approximate surface area is 114 Å². The summed E-state index contributed by atoms with van der Waals surface area (Å²) in [6.45, 7) is 7.40. The molecule has 1 heterocycles. The van der Waals surface area contributed by atoms with Crippen LogP contribution in [0.5, 0.6) is 0 Å². The summed E-state index contributed by atoms with van der Waals surface area (Å²) < 4.78 is 0. The quantitative estimate of drug-likeness (QED) is 0.612. The zero-order chi connectivity index (χ0) is 12.8. The summed E-state index contributed by atoms with van der Waals surface area (Å²) in [6.07, 6.45) is 0.168. The molecule has 1 aliphatic rings. The first kappa shape index (κ1) is 13.4. The molecule has 0 aromatic heterocycles. The molecule has 0 amide bonds. The van der Waals surface area contributed by atoms with E-state index >= 15 is 0 Å². The van der Waals surface area contributed by atoms with Crippen LogP contribution in [0, 0.1) is 0 Å². The SMILES string of the molecule is CC(N=C=S)N1CCN(Cc2ccccc2)CC1. The van der Waals surface area contributed by atoms with Crippen molar-refractivity contribution in [2.24, 2.45) is 4.99 Å². The van der Waals surface area contributed by atoms with Gasteiger partial charge in [-0.05, 0) is 24.7 Å². The Morgan fingerprint density at radius 1 is 1.22 bits per heavy atom. The van der Waals surface area contributed by atoms with Crippen molar-refractivity contribution in [2.45, 2.75) is 19.6 Å². The number of rotatable bonds is 4. The van der Waals surface area contributed by atoms with Gasteiger partial charge in [0.15, 0.2) is 0 Å². The van der Waals surface area contributed by atoms with Crippen LogP contribution in [-0.2, 0) is 6.54 Å². The van der Waals surface area contributed by atoms with Gasteiger partial charge in [0.2, 0.25) is 0 Å². The van der Waals surface area contributed by atoms with Gasteiger partial charge >= 0.3 is 0 Å². The summed E-state index contributed by atoms with van der Waals surface area (Å²) in [5, 5.41) is 2.47. The predicted octanol–water partition coefficient (Wildman–Crippen LogP) is 2.25. The Bertz CT molecular complexity index is 406. The fourth-order valence-electron chi connectivity index (χ4n) is 2.29. The molecule has 0 bridgehead atoms. The van der Waals surface area contributed by atoms with E-state index in [4.69, 9.17) is 0 Å². The van der Waals surface area contributed by atoms with Crippen LogP contribution in [0.4, 0.5) is 0 Å². The van der Waals surface area contributed by atoms with Gasteiger partial charge in [0.25, 0.3) is 0 Å². The minimum atomic E-state index is 0.168. The average molecular weight is 261 g/mol. The van der Waals surface area contributed by atoms with Crippen LogP contribution in [0.25, 0.3) is 0 Å². The lowest BCUT2D eigenvalue weighted by Crippen LogP contribution is -2.48. The Morgan fingerprint density at radius 3 is 2.50 bits per heavy atom. The maximum Gasteiger partial charge on any atom is 0.110 e. The first-order valence-corrected chi connectivity index (χ1v) is 6.78. The summed E-state index contributed by atoms with van der Waals surface area (Å²) in [7, 11) is 0. The van der Waals surface area contributed by atoms with Crippen LogP contribution in [0.3, 0.4) is 0 Å². The highest BCUT2D eigenvalue weighted by atomic mass is 32.1. The number of aliphatic imine (C=N–C) groups is 1. The van der Waals surface area contributed by atoms with E-state index < -0.39 is 0 Å². The van der Waals surface area contributed by atoms with Crippen LogP contribution in [0.15, 0.2) is 35.3 Å². The third-order valence-electron chi connectivity index (χ3n) is 3.42. The number of nitrogens with zero attached hydrogens (tertiary/aromatic N) is 3. The molecular formula is C14H19N3S. The molecule has 1 fully saturated rings. The van der Waals surface area contributed by atoms with E-state index in [1.165, 1.54) is 5.56 Å². The molecule has 3 nitrogen and oxygen atoms in total. The van der Waals surface area contributed by atoms with E-state index in [-0.39, 0.29) is 6.17 Å². The molecule has 4 heteroatoms. The van der Waals surface area contributed by atoms with Crippen LogP contribution in [0.1, 0.15) is 12.5 Å². The number of benzene rings is 1. The number of isothiocyanates is 1. The summed E-state index contributed by atoms with van der Waals surface area (Å²) in [6, 6.07) is 10.6. The number of hydrogen-bond acceptors (Lipinski definition) is 4. The molecule has 1 unspecified atom stereocenters. The minimum Gasteiger partial charge on any atom is -0.297 e. The summed E-state index contributed by atoms with van der Waals surface area (Å²) >= 11 is 4.65. The Hall–Kier alpha value is -1.06. The van der Waals surface area contributed by atoms with Crippen molar-refractivity contribution in [3.05, 3.63) is 35.9 Å². The highest BCUT2D eigenvalue weighted by molar-refractivity contribution is 7.78. The van der Waals surface area contributed by atoms with Crippen molar-refractivity contribution >= 4 is 17.4 Å². The van der Waals surface area contributed by atoms with Gasteiger partial charge in [-0.3, -0.25) is 9.80 Å². The van der Waals surface area contributed by atoms with Crippen molar-refractivity contribution in [1.29, 1.82) is 0 Å². The molecule has 0 aliphatic carbocycles. The minimum absolute atomic E-state index is 0.168. The predicted molar refractivity (Wildman–Crippen MR) is 77.8 cm³/mol. The molecule has 0 N–H and O–H groups in total. The van der Waals surface area contributed by atoms with Crippen molar-refractivity contribution in [1.82, 2.24) is 9.80 Å². The summed E-state index contributed by atoms with van der Waals surface area (Å²) in [5.41, 5.74) is 1.39. The molecule has 18 heavy (non-hydrogen) atoms. The second-order valence-electron chi connectivity index (χ2n) is 4.65. The normalized spacial score (nSPS) is 19.2. The van der Waals surface area contributed by atoms with Crippen LogP contribution < -0.4 is 0 Å². The third kappa shape index (κ3) is 3.72. The summed E-state index contributed by atoms with van der Waals surface area (Å²) in [5.74, 6) is 0. The number of piperazine rings is 1. The topological polar surface area (TPSA) is 18.8 Å². The molecular weight excluding hydrogens is 242 g/mol. The monoisotopic (exact) mass is 261 g/mol. The second-order valence-corrected chi connectivity index (χ2v) is 4.83. The molecule has 1 atom stereocenters. The van der Waals surface area contributed by atoms with E-state index in [1.807, 2.05) is 0 Å². The van der Waals surface area contributed by atoms with E-state index in [0.717, 1.165) is 32.7 Å². The van der Waals surface area contributed by atoms with Crippen molar-refractivity contribution in [3.8, 4) is 0 Å². The van der Waals surface area contributed by atoms with Crippen LogP contribution in [0.2, 0.25) is 0 Å². The summed E-state index contributed by atoms with van der Waals surface area (Å²) in [4.78, 5) is 8.96. The van der Waals surface area contributed by atoms with E-state index in [1.54, 1.807) is 0 Å². The maximum atomic E-state index is 4.65. The Kier molecular flexibility index (Phi) is 5.02. The first-order valence-electron chi connectivity index (χ1n) is 6.37. The van der Waals surface area contributed by atoms with Crippen molar-refractivity contribution < 1.29 is 0 Å². The van der Waals surface area contributed by atoms with Gasteiger partial charge in [-0.2, -0.15) is 0 Å². The van der Waals surface area contributed by atoms with E-state index in [2.05, 4.69) is 69.4 Å². The fraction of sp³-hybridized carbons (Fsp3) is 0.500. The number of thiocarbonyl (C=S) groups is 1. The van der Waals surface area contributed by atoms with Gasteiger partial charge in [-0.1, -0.05) is 30.3 Å². The lowest BCUT2D eigenvalue weighted by molar-refractivity contribution is 0.101. The first-order chi connectivity index (χ1) is 8.79. The largest absolute Gasteiger partial charge is 0.297 e. The zero-order valence-corrected chi connectivity index (χ0v) is 11.6. The lowest BCUT2D eigenvalue weighted by Gasteiger charge is -2.36. The molecule has 0 radical (unpaired) electrons. The van der Waals surface area contributed by atoms with Crippen molar-refractivity contribution in [2.75, 3.05) is 26.2 Å². The number of hydrogen-bond donors (Lipinski definition) is 0. The van der Waals surface area contributed by atoms with Crippen molar-refractivity contribution in [3.63, 3.8) is 0 Å². The van der Waals surface area contributed by atoms with E-state index in [9.17, 15) is 0 Å². The molecule has 0 saturated carbocycles. The molecule has 96 valence electrons. The maximum absolute atomic E-state index is 4.65. The van der Waals surface area contributed by atoms with Gasteiger partial charge in [-0.25, -0.2) is 4.99 Å². The molecule has 1 aromatic carbocycles. The van der Waals surface area contributed by atoms with Gasteiger partial charge < -0.3 is 0 Å². The highest BCUT2D eigenvalue weighted by Gasteiger charge is 2.20. The second kappa shape index (κ2) is 6.76. The van der Waals surface area contributed by atoms with E-state index in [0.29, 0.717) is 0 Å². The Morgan fingerprint density at radius 2 is 1.89 bits per heavy atom.